The van der Waals surface area contributed by atoms with Crippen LogP contribution >= 0.6 is 0 Å². The Morgan fingerprint density at radius 3 is 2.38 bits per heavy atom. The van der Waals surface area contributed by atoms with E-state index in [1.54, 1.807) is 0 Å². The molecule has 2 unspecified atom stereocenters. The molecule has 1 fully saturated rings. The van der Waals surface area contributed by atoms with Crippen LogP contribution in [0.5, 0.6) is 0 Å². The van der Waals surface area contributed by atoms with Crippen molar-refractivity contribution in [3.8, 4) is 0 Å². The van der Waals surface area contributed by atoms with Crippen LogP contribution in [0.4, 0.5) is 5.69 Å². The topological polar surface area (TPSA) is 32.3 Å². The molecule has 0 amide bonds. The minimum absolute atomic E-state index is 0.207. The van der Waals surface area contributed by atoms with Crippen molar-refractivity contribution in [1.29, 1.82) is 0 Å². The first-order chi connectivity index (χ1) is 9.95. The molecule has 2 aliphatic rings. The Labute approximate surface area is 129 Å². The lowest BCUT2D eigenvalue weighted by Gasteiger charge is -2.39. The van der Waals surface area contributed by atoms with Gasteiger partial charge < -0.3 is 10.4 Å². The van der Waals surface area contributed by atoms with E-state index >= 15 is 0 Å². The standard InChI is InChI=1S/C19H29NO/c1-19(2,3)15-10-8-13(9-11-15)18(21)17-12-14-6-4-5-7-16(14)20-17/h4-7,13,15,17-18,20-21H,8-12H2,1-3H3. The smallest absolute Gasteiger partial charge is 0.0772 e. The Morgan fingerprint density at radius 1 is 1.10 bits per heavy atom. The molecule has 0 aromatic heterocycles. The van der Waals surface area contributed by atoms with Gasteiger partial charge in [0.1, 0.15) is 0 Å². The van der Waals surface area contributed by atoms with Crippen molar-refractivity contribution in [3.63, 3.8) is 0 Å². The largest absolute Gasteiger partial charge is 0.391 e. The molecule has 1 heterocycles. The van der Waals surface area contributed by atoms with Crippen molar-refractivity contribution < 1.29 is 5.11 Å². The molecular weight excluding hydrogens is 258 g/mol. The molecule has 1 aliphatic carbocycles. The van der Waals surface area contributed by atoms with Crippen LogP contribution in [-0.4, -0.2) is 17.3 Å². The molecule has 1 saturated carbocycles. The molecule has 21 heavy (non-hydrogen) atoms. The van der Waals surface area contributed by atoms with Gasteiger partial charge in [0.25, 0.3) is 0 Å². The minimum atomic E-state index is -0.210. The molecule has 3 rings (SSSR count). The molecule has 2 nitrogen and oxygen atoms in total. The number of aliphatic hydroxyl groups excluding tert-OH is 1. The lowest BCUT2D eigenvalue weighted by Crippen LogP contribution is -2.40. The predicted octanol–water partition coefficient (Wildman–Crippen LogP) is 4.24. The highest BCUT2D eigenvalue weighted by atomic mass is 16.3. The second kappa shape index (κ2) is 5.64. The highest BCUT2D eigenvalue weighted by Crippen LogP contribution is 2.42. The summed E-state index contributed by atoms with van der Waals surface area (Å²) >= 11 is 0. The second-order valence-electron chi connectivity index (χ2n) is 8.08. The molecule has 2 atom stereocenters. The Hall–Kier alpha value is -1.02. The molecule has 1 aromatic carbocycles. The SMILES string of the molecule is CC(C)(C)C1CCC(C(O)C2Cc3ccccc3N2)CC1. The molecule has 0 bridgehead atoms. The summed E-state index contributed by atoms with van der Waals surface area (Å²) in [6, 6.07) is 8.65. The molecule has 1 aliphatic heterocycles. The summed E-state index contributed by atoms with van der Waals surface area (Å²) in [6.07, 6.45) is 5.65. The third-order valence-corrected chi connectivity index (χ3v) is 5.69. The van der Waals surface area contributed by atoms with E-state index in [9.17, 15) is 5.11 Å². The molecule has 0 radical (unpaired) electrons. The van der Waals surface area contributed by atoms with Crippen molar-refractivity contribution in [2.75, 3.05) is 5.32 Å². The monoisotopic (exact) mass is 287 g/mol. The van der Waals surface area contributed by atoms with Crippen molar-refractivity contribution in [1.82, 2.24) is 0 Å². The summed E-state index contributed by atoms with van der Waals surface area (Å²) in [4.78, 5) is 0. The number of fused-ring (bicyclic) bond motifs is 1. The summed E-state index contributed by atoms with van der Waals surface area (Å²) in [6.45, 7) is 7.05. The number of hydrogen-bond acceptors (Lipinski definition) is 2. The maximum absolute atomic E-state index is 10.8. The van der Waals surface area contributed by atoms with E-state index in [0.29, 0.717) is 11.3 Å². The van der Waals surface area contributed by atoms with E-state index in [1.807, 2.05) is 0 Å². The minimum Gasteiger partial charge on any atom is -0.391 e. The second-order valence-corrected chi connectivity index (χ2v) is 8.08. The number of benzene rings is 1. The molecule has 0 spiro atoms. The van der Waals surface area contributed by atoms with Gasteiger partial charge in [0.05, 0.1) is 12.1 Å². The van der Waals surface area contributed by atoms with Gasteiger partial charge in [-0.05, 0) is 61.0 Å². The van der Waals surface area contributed by atoms with Crippen LogP contribution in [0, 0.1) is 17.3 Å². The zero-order valence-electron chi connectivity index (χ0n) is 13.6. The quantitative estimate of drug-likeness (QED) is 0.853. The average molecular weight is 287 g/mol. The van der Waals surface area contributed by atoms with Crippen LogP contribution in [0.2, 0.25) is 0 Å². The highest BCUT2D eigenvalue weighted by molar-refractivity contribution is 5.56. The summed E-state index contributed by atoms with van der Waals surface area (Å²) < 4.78 is 0. The first-order valence-electron chi connectivity index (χ1n) is 8.47. The summed E-state index contributed by atoms with van der Waals surface area (Å²) in [5.74, 6) is 1.28. The molecule has 2 N–H and O–H groups in total. The van der Waals surface area contributed by atoms with Gasteiger partial charge in [-0.3, -0.25) is 0 Å². The number of rotatable bonds is 2. The fourth-order valence-electron chi connectivity index (χ4n) is 4.19. The van der Waals surface area contributed by atoms with Gasteiger partial charge in [-0.2, -0.15) is 0 Å². The molecule has 1 aromatic rings. The zero-order valence-corrected chi connectivity index (χ0v) is 13.6. The third kappa shape index (κ3) is 3.11. The van der Waals surface area contributed by atoms with Crippen LogP contribution in [-0.2, 0) is 6.42 Å². The van der Waals surface area contributed by atoms with E-state index in [0.717, 1.165) is 12.3 Å². The first kappa shape index (κ1) is 14.9. The predicted molar refractivity (Wildman–Crippen MR) is 88.5 cm³/mol. The maximum atomic E-state index is 10.8. The lowest BCUT2D eigenvalue weighted by molar-refractivity contribution is 0.0427. The highest BCUT2D eigenvalue weighted by Gasteiger charge is 2.36. The van der Waals surface area contributed by atoms with Gasteiger partial charge in [0, 0.05) is 5.69 Å². The van der Waals surface area contributed by atoms with E-state index in [-0.39, 0.29) is 12.1 Å². The normalized spacial score (nSPS) is 30.6. The number of para-hydroxylation sites is 1. The van der Waals surface area contributed by atoms with Crippen molar-refractivity contribution in [2.24, 2.45) is 17.3 Å². The van der Waals surface area contributed by atoms with Crippen LogP contribution in [0.3, 0.4) is 0 Å². The summed E-state index contributed by atoms with van der Waals surface area (Å²) in [7, 11) is 0. The molecular formula is C19H29NO. The Balaban J connectivity index is 1.57. The van der Waals surface area contributed by atoms with Gasteiger partial charge in [-0.1, -0.05) is 39.0 Å². The maximum Gasteiger partial charge on any atom is 0.0772 e. The van der Waals surface area contributed by atoms with Gasteiger partial charge in [-0.25, -0.2) is 0 Å². The number of aliphatic hydroxyl groups is 1. The Kier molecular flexibility index (Phi) is 4.00. The van der Waals surface area contributed by atoms with Gasteiger partial charge in [-0.15, -0.1) is 0 Å². The number of anilines is 1. The average Bonchev–Trinajstić information content (AvgIpc) is 2.89. The van der Waals surface area contributed by atoms with Gasteiger partial charge in [0.2, 0.25) is 0 Å². The van der Waals surface area contributed by atoms with Crippen LogP contribution in [0.15, 0.2) is 24.3 Å². The van der Waals surface area contributed by atoms with Gasteiger partial charge >= 0.3 is 0 Å². The summed E-state index contributed by atoms with van der Waals surface area (Å²) in [5, 5.41) is 14.3. The van der Waals surface area contributed by atoms with E-state index in [2.05, 4.69) is 50.4 Å². The van der Waals surface area contributed by atoms with Crippen LogP contribution in [0.1, 0.15) is 52.0 Å². The van der Waals surface area contributed by atoms with Gasteiger partial charge in [0.15, 0.2) is 0 Å². The number of nitrogens with one attached hydrogen (secondary N) is 1. The molecule has 2 heteroatoms. The molecule has 0 saturated heterocycles. The fraction of sp³-hybridized carbons (Fsp3) is 0.684. The third-order valence-electron chi connectivity index (χ3n) is 5.69. The van der Waals surface area contributed by atoms with Crippen molar-refractivity contribution in [2.45, 2.75) is 65.0 Å². The van der Waals surface area contributed by atoms with E-state index < -0.39 is 0 Å². The Morgan fingerprint density at radius 2 is 1.76 bits per heavy atom. The number of hydrogen-bond donors (Lipinski definition) is 2. The Bertz CT molecular complexity index is 458. The zero-order chi connectivity index (χ0) is 15.0. The fourth-order valence-corrected chi connectivity index (χ4v) is 4.19. The van der Waals surface area contributed by atoms with Crippen LogP contribution < -0.4 is 5.32 Å². The van der Waals surface area contributed by atoms with E-state index in [1.165, 1.54) is 36.9 Å². The first-order valence-corrected chi connectivity index (χ1v) is 8.47. The van der Waals surface area contributed by atoms with Crippen LogP contribution in [0.25, 0.3) is 0 Å². The summed E-state index contributed by atoms with van der Waals surface area (Å²) in [5.41, 5.74) is 2.98. The van der Waals surface area contributed by atoms with E-state index in [4.69, 9.17) is 0 Å². The lowest BCUT2D eigenvalue weighted by atomic mass is 9.68. The van der Waals surface area contributed by atoms with Crippen molar-refractivity contribution >= 4 is 5.69 Å². The molecule has 116 valence electrons. The van der Waals surface area contributed by atoms with Crippen molar-refractivity contribution in [3.05, 3.63) is 29.8 Å².